The van der Waals surface area contributed by atoms with E-state index in [-0.39, 0.29) is 17.2 Å². The van der Waals surface area contributed by atoms with E-state index in [0.717, 1.165) is 0 Å². The maximum absolute atomic E-state index is 12.5. The molecule has 0 unspecified atom stereocenters. The third-order valence-corrected chi connectivity index (χ3v) is 3.36. The van der Waals surface area contributed by atoms with E-state index in [1.165, 1.54) is 10.8 Å². The SMILES string of the molecule is CCn1c(NNC(=O)c2ccccn2)nc2ccccc2c1=O. The molecule has 0 saturated heterocycles. The van der Waals surface area contributed by atoms with Gasteiger partial charge in [0.15, 0.2) is 0 Å². The summed E-state index contributed by atoms with van der Waals surface area (Å²) < 4.78 is 1.46. The Labute approximate surface area is 132 Å². The first-order valence-corrected chi connectivity index (χ1v) is 7.17. The lowest BCUT2D eigenvalue weighted by Crippen LogP contribution is -2.34. The molecular weight excluding hydrogens is 294 g/mol. The van der Waals surface area contributed by atoms with Gasteiger partial charge in [0.2, 0.25) is 5.95 Å². The molecule has 3 aromatic rings. The fourth-order valence-electron chi connectivity index (χ4n) is 2.23. The van der Waals surface area contributed by atoms with Crippen LogP contribution in [0.15, 0.2) is 53.5 Å². The van der Waals surface area contributed by atoms with Crippen LogP contribution in [0.2, 0.25) is 0 Å². The van der Waals surface area contributed by atoms with Crippen LogP contribution in [-0.2, 0) is 6.54 Å². The van der Waals surface area contributed by atoms with Gasteiger partial charge in [-0.05, 0) is 31.2 Å². The van der Waals surface area contributed by atoms with Crippen molar-refractivity contribution in [2.24, 2.45) is 0 Å². The summed E-state index contributed by atoms with van der Waals surface area (Å²) >= 11 is 0. The van der Waals surface area contributed by atoms with Gasteiger partial charge in [-0.2, -0.15) is 0 Å². The molecule has 0 aliphatic rings. The minimum absolute atomic E-state index is 0.160. The molecule has 2 N–H and O–H groups in total. The van der Waals surface area contributed by atoms with Crippen molar-refractivity contribution in [3.63, 3.8) is 0 Å². The predicted octanol–water partition coefficient (Wildman–Crippen LogP) is 1.57. The zero-order valence-corrected chi connectivity index (χ0v) is 12.5. The summed E-state index contributed by atoms with van der Waals surface area (Å²) in [6.07, 6.45) is 1.53. The van der Waals surface area contributed by atoms with Gasteiger partial charge in [0, 0.05) is 12.7 Å². The molecular formula is C16H15N5O2. The number of benzene rings is 1. The smallest absolute Gasteiger partial charge is 0.277 e. The first-order valence-electron chi connectivity index (χ1n) is 7.17. The van der Waals surface area contributed by atoms with Crippen LogP contribution in [0.25, 0.3) is 10.9 Å². The summed E-state index contributed by atoms with van der Waals surface area (Å²) in [5.41, 5.74) is 5.89. The Kier molecular flexibility index (Phi) is 4.01. The molecule has 0 atom stereocenters. The molecule has 7 heteroatoms. The van der Waals surface area contributed by atoms with Gasteiger partial charge in [0.25, 0.3) is 11.5 Å². The molecule has 0 radical (unpaired) electrons. The number of carbonyl (C=O) groups is 1. The Hall–Kier alpha value is -3.22. The lowest BCUT2D eigenvalue weighted by molar-refractivity contribution is 0.0957. The van der Waals surface area contributed by atoms with E-state index in [1.54, 1.807) is 42.5 Å². The van der Waals surface area contributed by atoms with Crippen molar-refractivity contribution in [3.05, 3.63) is 64.7 Å². The van der Waals surface area contributed by atoms with Crippen molar-refractivity contribution < 1.29 is 4.79 Å². The normalized spacial score (nSPS) is 10.5. The summed E-state index contributed by atoms with van der Waals surface area (Å²) in [5.74, 6) is -0.129. The minimum Gasteiger partial charge on any atom is -0.277 e. The first kappa shape index (κ1) is 14.7. The highest BCUT2D eigenvalue weighted by molar-refractivity contribution is 5.92. The molecule has 0 fully saturated rings. The van der Waals surface area contributed by atoms with Crippen molar-refractivity contribution in [3.8, 4) is 0 Å². The molecule has 23 heavy (non-hydrogen) atoms. The van der Waals surface area contributed by atoms with Gasteiger partial charge in [-0.3, -0.25) is 30.0 Å². The number of aromatic nitrogens is 3. The number of hydrogen-bond donors (Lipinski definition) is 2. The van der Waals surface area contributed by atoms with E-state index in [1.807, 2.05) is 6.92 Å². The molecule has 1 amide bonds. The van der Waals surface area contributed by atoms with Crippen LogP contribution in [0.1, 0.15) is 17.4 Å². The molecule has 0 aliphatic heterocycles. The topological polar surface area (TPSA) is 88.9 Å². The second-order valence-electron chi connectivity index (χ2n) is 4.80. The summed E-state index contributed by atoms with van der Waals surface area (Å²) in [7, 11) is 0. The predicted molar refractivity (Wildman–Crippen MR) is 87.0 cm³/mol. The first-order chi connectivity index (χ1) is 11.2. The molecule has 3 rings (SSSR count). The molecule has 0 spiro atoms. The van der Waals surface area contributed by atoms with Gasteiger partial charge in [0.1, 0.15) is 5.69 Å². The second-order valence-corrected chi connectivity index (χ2v) is 4.80. The van der Waals surface area contributed by atoms with Gasteiger partial charge in [0.05, 0.1) is 10.9 Å². The zero-order chi connectivity index (χ0) is 16.2. The fraction of sp³-hybridized carbons (Fsp3) is 0.125. The molecule has 1 aromatic carbocycles. The standard InChI is InChI=1S/C16H15N5O2/c1-2-21-15(23)11-7-3-4-8-12(11)18-16(21)20-19-14(22)13-9-5-6-10-17-13/h3-10H,2H2,1H3,(H,18,20)(H,19,22). The Morgan fingerprint density at radius 3 is 2.70 bits per heavy atom. The van der Waals surface area contributed by atoms with E-state index in [9.17, 15) is 9.59 Å². The van der Waals surface area contributed by atoms with Crippen LogP contribution in [-0.4, -0.2) is 20.4 Å². The van der Waals surface area contributed by atoms with Gasteiger partial charge in [-0.15, -0.1) is 0 Å². The zero-order valence-electron chi connectivity index (χ0n) is 12.5. The van der Waals surface area contributed by atoms with Crippen molar-refractivity contribution in [1.29, 1.82) is 0 Å². The van der Waals surface area contributed by atoms with Crippen molar-refractivity contribution in [2.75, 3.05) is 5.43 Å². The maximum Gasteiger partial charge on any atom is 0.288 e. The molecule has 2 heterocycles. The quantitative estimate of drug-likeness (QED) is 0.714. The van der Waals surface area contributed by atoms with E-state index in [2.05, 4.69) is 20.8 Å². The number of pyridine rings is 1. The van der Waals surface area contributed by atoms with Gasteiger partial charge in [-0.25, -0.2) is 4.98 Å². The Bertz CT molecular complexity index is 905. The maximum atomic E-state index is 12.5. The number of anilines is 1. The number of amides is 1. The Balaban J connectivity index is 1.91. The average Bonchev–Trinajstić information content (AvgIpc) is 2.60. The number of nitrogens with zero attached hydrogens (tertiary/aromatic N) is 3. The van der Waals surface area contributed by atoms with Gasteiger partial charge >= 0.3 is 0 Å². The number of fused-ring (bicyclic) bond motifs is 1. The van der Waals surface area contributed by atoms with Crippen LogP contribution >= 0.6 is 0 Å². The fourth-order valence-corrected chi connectivity index (χ4v) is 2.23. The summed E-state index contributed by atoms with van der Waals surface area (Å²) in [4.78, 5) is 32.8. The third-order valence-electron chi connectivity index (χ3n) is 3.36. The Morgan fingerprint density at radius 2 is 1.96 bits per heavy atom. The molecule has 7 nitrogen and oxygen atoms in total. The van der Waals surface area contributed by atoms with E-state index >= 15 is 0 Å². The van der Waals surface area contributed by atoms with Crippen LogP contribution in [0.5, 0.6) is 0 Å². The van der Waals surface area contributed by atoms with Crippen molar-refractivity contribution >= 4 is 22.8 Å². The summed E-state index contributed by atoms with van der Waals surface area (Å²) in [6.45, 7) is 2.27. The lowest BCUT2D eigenvalue weighted by Gasteiger charge is -2.13. The molecule has 0 bridgehead atoms. The largest absolute Gasteiger partial charge is 0.288 e. The van der Waals surface area contributed by atoms with Crippen molar-refractivity contribution in [2.45, 2.75) is 13.5 Å². The van der Waals surface area contributed by atoms with E-state index < -0.39 is 5.91 Å². The summed E-state index contributed by atoms with van der Waals surface area (Å²) in [6, 6.07) is 12.1. The van der Waals surface area contributed by atoms with Gasteiger partial charge < -0.3 is 0 Å². The second kappa shape index (κ2) is 6.27. The van der Waals surface area contributed by atoms with E-state index in [0.29, 0.717) is 17.4 Å². The number of hydrogen-bond acceptors (Lipinski definition) is 5. The Morgan fingerprint density at radius 1 is 1.17 bits per heavy atom. The van der Waals surface area contributed by atoms with Crippen LogP contribution in [0.4, 0.5) is 5.95 Å². The van der Waals surface area contributed by atoms with Crippen LogP contribution in [0.3, 0.4) is 0 Å². The number of para-hydroxylation sites is 1. The van der Waals surface area contributed by atoms with Crippen LogP contribution < -0.4 is 16.4 Å². The number of rotatable bonds is 4. The lowest BCUT2D eigenvalue weighted by atomic mass is 10.2. The average molecular weight is 309 g/mol. The molecule has 0 aliphatic carbocycles. The van der Waals surface area contributed by atoms with E-state index in [4.69, 9.17) is 0 Å². The minimum atomic E-state index is -0.407. The molecule has 116 valence electrons. The summed E-state index contributed by atoms with van der Waals surface area (Å²) in [5, 5.41) is 0.538. The highest BCUT2D eigenvalue weighted by Gasteiger charge is 2.11. The number of carbonyl (C=O) groups excluding carboxylic acids is 1. The highest BCUT2D eigenvalue weighted by Crippen LogP contribution is 2.10. The third kappa shape index (κ3) is 2.89. The molecule has 2 aromatic heterocycles. The monoisotopic (exact) mass is 309 g/mol. The highest BCUT2D eigenvalue weighted by atomic mass is 16.2. The van der Waals surface area contributed by atoms with Crippen LogP contribution in [0, 0.1) is 0 Å². The van der Waals surface area contributed by atoms with Crippen molar-refractivity contribution in [1.82, 2.24) is 20.0 Å². The molecule has 0 saturated carbocycles. The number of nitrogens with one attached hydrogen (secondary N) is 2. The number of hydrazine groups is 1. The van der Waals surface area contributed by atoms with Gasteiger partial charge in [-0.1, -0.05) is 18.2 Å².